The van der Waals surface area contributed by atoms with Crippen LogP contribution in [-0.4, -0.2) is 36.8 Å². The second-order valence-electron chi connectivity index (χ2n) is 5.44. The molecule has 11 heteroatoms. The number of rotatable bonds is 6. The van der Waals surface area contributed by atoms with Gasteiger partial charge in [0, 0.05) is 6.07 Å². The number of carbonyl (C=O) groups is 1. The van der Waals surface area contributed by atoms with Gasteiger partial charge in [0.25, 0.3) is 5.69 Å². The first-order chi connectivity index (χ1) is 13.0. The fourth-order valence-corrected chi connectivity index (χ4v) is 3.14. The lowest BCUT2D eigenvalue weighted by Crippen LogP contribution is -2.15. The summed E-state index contributed by atoms with van der Waals surface area (Å²) in [6.45, 7) is 1.91. The Morgan fingerprint density at radius 1 is 1.33 bits per heavy atom. The van der Waals surface area contributed by atoms with Gasteiger partial charge in [-0.25, -0.2) is 0 Å². The molecule has 0 spiro atoms. The number of nitrogens with one attached hydrogen (secondary N) is 1. The number of carbonyl (C=O) groups excluding carboxylic acids is 1. The maximum Gasteiger partial charge on any atom is 0.292 e. The Morgan fingerprint density at radius 3 is 2.89 bits per heavy atom. The maximum atomic E-state index is 12.2. The van der Waals surface area contributed by atoms with Gasteiger partial charge in [-0.2, -0.15) is 4.68 Å². The van der Waals surface area contributed by atoms with Crippen molar-refractivity contribution in [1.82, 2.24) is 20.2 Å². The van der Waals surface area contributed by atoms with Gasteiger partial charge in [0.15, 0.2) is 0 Å². The predicted molar refractivity (Wildman–Crippen MR) is 101 cm³/mol. The number of nitro benzene ring substituents is 1. The summed E-state index contributed by atoms with van der Waals surface area (Å²) < 4.78 is 1.44. The highest BCUT2D eigenvalue weighted by Gasteiger charge is 2.17. The van der Waals surface area contributed by atoms with Crippen LogP contribution in [0.15, 0.2) is 47.6 Å². The van der Waals surface area contributed by atoms with E-state index in [1.807, 2.05) is 19.1 Å². The lowest BCUT2D eigenvalue weighted by molar-refractivity contribution is -0.383. The molecule has 0 aliphatic heterocycles. The predicted octanol–water partition coefficient (Wildman–Crippen LogP) is 3.26. The molecule has 0 saturated carbocycles. The van der Waals surface area contributed by atoms with E-state index in [0.29, 0.717) is 15.9 Å². The highest BCUT2D eigenvalue weighted by atomic mass is 35.5. The topological polar surface area (TPSA) is 116 Å². The number of tetrazole rings is 1. The number of hydrogen-bond donors (Lipinski definition) is 1. The summed E-state index contributed by atoms with van der Waals surface area (Å²) in [5.41, 5.74) is 1.54. The molecule has 138 valence electrons. The van der Waals surface area contributed by atoms with Crippen LogP contribution in [0.1, 0.15) is 5.56 Å². The lowest BCUT2D eigenvalue weighted by Gasteiger charge is -2.08. The molecule has 0 bridgehead atoms. The Hall–Kier alpha value is -2.98. The van der Waals surface area contributed by atoms with E-state index in [2.05, 4.69) is 20.8 Å². The number of aromatic nitrogens is 4. The molecule has 2 aromatic carbocycles. The number of nitro groups is 1. The molecule has 1 N–H and O–H groups in total. The van der Waals surface area contributed by atoms with Crippen molar-refractivity contribution in [3.05, 3.63) is 63.2 Å². The third-order valence-corrected chi connectivity index (χ3v) is 4.72. The number of para-hydroxylation sites is 2. The van der Waals surface area contributed by atoms with Gasteiger partial charge in [-0.3, -0.25) is 14.9 Å². The number of amides is 1. The van der Waals surface area contributed by atoms with Gasteiger partial charge in [0.05, 0.1) is 21.4 Å². The minimum absolute atomic E-state index is 0.0319. The number of hydrogen-bond acceptors (Lipinski definition) is 7. The molecular weight excluding hydrogens is 392 g/mol. The SMILES string of the molecule is Cc1ccc(Cl)c(-n2nnnc2SCC(=O)Nc2ccccc2[N+](=O)[O-])c1. The number of halogens is 1. The van der Waals surface area contributed by atoms with Crippen LogP contribution in [0, 0.1) is 17.0 Å². The third kappa shape index (κ3) is 4.41. The Bertz CT molecular complexity index is 1010. The first kappa shape index (κ1) is 18.8. The van der Waals surface area contributed by atoms with Crippen molar-refractivity contribution >= 4 is 40.6 Å². The zero-order valence-corrected chi connectivity index (χ0v) is 15.6. The van der Waals surface area contributed by atoms with E-state index in [1.165, 1.54) is 22.9 Å². The smallest absolute Gasteiger partial charge is 0.292 e. The van der Waals surface area contributed by atoms with Crippen LogP contribution >= 0.6 is 23.4 Å². The molecule has 1 amide bonds. The molecule has 1 heterocycles. The van der Waals surface area contributed by atoms with Crippen LogP contribution in [-0.2, 0) is 4.79 Å². The second-order valence-corrected chi connectivity index (χ2v) is 6.79. The number of anilines is 1. The number of thioether (sulfide) groups is 1. The molecule has 0 radical (unpaired) electrons. The van der Waals surface area contributed by atoms with Crippen LogP contribution in [0.5, 0.6) is 0 Å². The number of aryl methyl sites for hydroxylation is 1. The molecule has 0 aliphatic carbocycles. The van der Waals surface area contributed by atoms with Crippen molar-refractivity contribution in [3.63, 3.8) is 0 Å². The standard InChI is InChI=1S/C16H13ClN6O3S/c1-10-6-7-11(17)14(8-10)22-16(19-20-21-22)27-9-15(24)18-12-4-2-3-5-13(12)23(25)26/h2-8H,9H2,1H3,(H,18,24). The summed E-state index contributed by atoms with van der Waals surface area (Å²) >= 11 is 7.30. The molecule has 9 nitrogen and oxygen atoms in total. The Labute approximate surface area is 162 Å². The van der Waals surface area contributed by atoms with Gasteiger partial charge in [0.1, 0.15) is 5.69 Å². The summed E-state index contributed by atoms with van der Waals surface area (Å²) in [5, 5.41) is 25.8. The molecule has 1 aromatic heterocycles. The van der Waals surface area contributed by atoms with Crippen molar-refractivity contribution < 1.29 is 9.72 Å². The van der Waals surface area contributed by atoms with Crippen molar-refractivity contribution in [2.24, 2.45) is 0 Å². The van der Waals surface area contributed by atoms with Crippen LogP contribution in [0.25, 0.3) is 5.69 Å². The molecule has 0 fully saturated rings. The summed E-state index contributed by atoms with van der Waals surface area (Å²) in [6.07, 6.45) is 0. The molecule has 3 rings (SSSR count). The zero-order chi connectivity index (χ0) is 19.4. The number of nitrogens with zero attached hydrogens (tertiary/aromatic N) is 5. The average molecular weight is 405 g/mol. The minimum atomic E-state index is -0.553. The monoisotopic (exact) mass is 404 g/mol. The first-order valence-electron chi connectivity index (χ1n) is 7.66. The van der Waals surface area contributed by atoms with E-state index in [4.69, 9.17) is 11.6 Å². The maximum absolute atomic E-state index is 12.2. The Balaban J connectivity index is 1.72. The highest BCUT2D eigenvalue weighted by molar-refractivity contribution is 7.99. The van der Waals surface area contributed by atoms with Gasteiger partial charge in [-0.1, -0.05) is 41.6 Å². The van der Waals surface area contributed by atoms with Crippen LogP contribution < -0.4 is 5.32 Å². The number of benzene rings is 2. The van der Waals surface area contributed by atoms with Crippen LogP contribution in [0.2, 0.25) is 5.02 Å². The van der Waals surface area contributed by atoms with Crippen molar-refractivity contribution in [2.45, 2.75) is 12.1 Å². The molecule has 3 aromatic rings. The van der Waals surface area contributed by atoms with E-state index in [-0.39, 0.29) is 17.1 Å². The normalized spacial score (nSPS) is 10.6. The van der Waals surface area contributed by atoms with Gasteiger partial charge >= 0.3 is 0 Å². The van der Waals surface area contributed by atoms with Crippen LogP contribution in [0.4, 0.5) is 11.4 Å². The van der Waals surface area contributed by atoms with Crippen molar-refractivity contribution in [3.8, 4) is 5.69 Å². The van der Waals surface area contributed by atoms with Gasteiger partial charge in [-0.15, -0.1) is 5.10 Å². The summed E-state index contributed by atoms with van der Waals surface area (Å²) in [4.78, 5) is 22.7. The molecule has 27 heavy (non-hydrogen) atoms. The fourth-order valence-electron chi connectivity index (χ4n) is 2.26. The van der Waals surface area contributed by atoms with Crippen LogP contribution in [0.3, 0.4) is 0 Å². The van der Waals surface area contributed by atoms with E-state index in [1.54, 1.807) is 12.1 Å². The van der Waals surface area contributed by atoms with E-state index >= 15 is 0 Å². The summed E-state index contributed by atoms with van der Waals surface area (Å²) in [6, 6.07) is 11.4. The largest absolute Gasteiger partial charge is 0.320 e. The molecule has 0 saturated heterocycles. The van der Waals surface area contributed by atoms with E-state index in [9.17, 15) is 14.9 Å². The van der Waals surface area contributed by atoms with Gasteiger partial charge in [-0.05, 0) is 41.1 Å². The Morgan fingerprint density at radius 2 is 2.11 bits per heavy atom. The van der Waals surface area contributed by atoms with Crippen molar-refractivity contribution in [2.75, 3.05) is 11.1 Å². The van der Waals surface area contributed by atoms with E-state index in [0.717, 1.165) is 17.3 Å². The highest BCUT2D eigenvalue weighted by Crippen LogP contribution is 2.26. The molecule has 0 atom stereocenters. The molecule has 0 aliphatic rings. The van der Waals surface area contributed by atoms with Crippen molar-refractivity contribution in [1.29, 1.82) is 0 Å². The molecule has 0 unspecified atom stereocenters. The second kappa shape index (κ2) is 8.14. The van der Waals surface area contributed by atoms with Gasteiger partial charge < -0.3 is 5.32 Å². The quantitative estimate of drug-likeness (QED) is 0.380. The average Bonchev–Trinajstić information content (AvgIpc) is 3.10. The summed E-state index contributed by atoms with van der Waals surface area (Å²) in [7, 11) is 0. The van der Waals surface area contributed by atoms with E-state index < -0.39 is 10.8 Å². The lowest BCUT2D eigenvalue weighted by atomic mass is 10.2. The summed E-state index contributed by atoms with van der Waals surface area (Å²) in [5.74, 6) is -0.449. The molecular formula is C16H13ClN6O3S. The minimum Gasteiger partial charge on any atom is -0.320 e. The zero-order valence-electron chi connectivity index (χ0n) is 14.0. The fraction of sp³-hybridized carbons (Fsp3) is 0.125. The van der Waals surface area contributed by atoms with Gasteiger partial charge in [0.2, 0.25) is 11.1 Å². The Kier molecular flexibility index (Phi) is 5.67. The first-order valence-corrected chi connectivity index (χ1v) is 9.03. The third-order valence-electron chi connectivity index (χ3n) is 3.48.